The van der Waals surface area contributed by atoms with E-state index in [1.165, 1.54) is 16.7 Å². The highest BCUT2D eigenvalue weighted by Gasteiger charge is 2.44. The number of carbonyl (C=O) groups is 1. The molecule has 1 amide bonds. The second kappa shape index (κ2) is 8.73. The molecule has 5 rings (SSSR count). The molecule has 3 aromatic heterocycles. The number of amides is 1. The second-order valence-electron chi connectivity index (χ2n) is 10.3. The lowest BCUT2D eigenvalue weighted by molar-refractivity contribution is -0.190. The zero-order valence-electron chi connectivity index (χ0n) is 20.3. The molecule has 3 aromatic rings. The number of carbonyl (C=O) groups excluding carboxylic acids is 1. The number of rotatable bonds is 4. The van der Waals surface area contributed by atoms with Gasteiger partial charge in [0.05, 0.1) is 18.3 Å². The van der Waals surface area contributed by atoms with E-state index in [0.29, 0.717) is 30.2 Å². The van der Waals surface area contributed by atoms with Crippen LogP contribution in [-0.4, -0.2) is 37.2 Å². The molecule has 0 spiro atoms. The quantitative estimate of drug-likeness (QED) is 0.552. The fourth-order valence-electron chi connectivity index (χ4n) is 5.45. The summed E-state index contributed by atoms with van der Waals surface area (Å²) in [5.74, 6) is 0.953. The van der Waals surface area contributed by atoms with Gasteiger partial charge < -0.3 is 0 Å². The molecule has 7 nitrogen and oxygen atoms in total. The highest BCUT2D eigenvalue weighted by molar-refractivity contribution is 5.82. The molecule has 0 aromatic carbocycles. The minimum absolute atomic E-state index is 0.00443. The van der Waals surface area contributed by atoms with E-state index in [2.05, 4.69) is 34.3 Å². The third-order valence-corrected chi connectivity index (χ3v) is 7.57. The number of hydrogen-bond donors (Lipinski definition) is 0. The Morgan fingerprint density at radius 2 is 1.97 bits per heavy atom. The number of aromatic nitrogens is 4. The van der Waals surface area contributed by atoms with Crippen LogP contribution in [0, 0.1) is 37.9 Å². The third kappa shape index (κ3) is 4.19. The number of fused-ring (bicyclic) bond motifs is 1. The first kappa shape index (κ1) is 22.9. The molecule has 2 fully saturated rings. The van der Waals surface area contributed by atoms with Crippen LogP contribution in [0.4, 0.5) is 4.39 Å². The lowest BCUT2D eigenvalue weighted by Crippen LogP contribution is -2.43. The van der Waals surface area contributed by atoms with Crippen molar-refractivity contribution in [1.82, 2.24) is 24.6 Å². The Bertz CT molecular complexity index is 1230. The van der Waals surface area contributed by atoms with E-state index in [0.717, 1.165) is 49.1 Å². The van der Waals surface area contributed by atoms with Crippen LogP contribution in [0.1, 0.15) is 73.3 Å². The summed E-state index contributed by atoms with van der Waals surface area (Å²) in [7, 11) is 0. The van der Waals surface area contributed by atoms with Crippen molar-refractivity contribution in [2.24, 2.45) is 11.3 Å². The number of nitrogens with zero attached hydrogens (tertiary/aromatic N) is 5. The van der Waals surface area contributed by atoms with E-state index >= 15 is 0 Å². The van der Waals surface area contributed by atoms with Gasteiger partial charge in [0.1, 0.15) is 11.6 Å². The van der Waals surface area contributed by atoms with Crippen LogP contribution in [0.2, 0.25) is 0 Å². The van der Waals surface area contributed by atoms with Crippen molar-refractivity contribution >= 4 is 11.6 Å². The molecule has 1 saturated heterocycles. The fraction of sp³-hybridized carbons (Fsp3) is 0.538. The van der Waals surface area contributed by atoms with Crippen molar-refractivity contribution < 1.29 is 14.0 Å². The van der Waals surface area contributed by atoms with Crippen LogP contribution in [0.15, 0.2) is 24.5 Å². The van der Waals surface area contributed by atoms with Crippen LogP contribution in [0.25, 0.3) is 5.65 Å². The van der Waals surface area contributed by atoms with Crippen LogP contribution in [0.5, 0.6) is 0 Å². The van der Waals surface area contributed by atoms with Gasteiger partial charge in [-0.05, 0) is 81.5 Å². The average Bonchev–Trinajstić information content (AvgIpc) is 3.43. The van der Waals surface area contributed by atoms with Crippen LogP contribution in [0.3, 0.4) is 0 Å². The summed E-state index contributed by atoms with van der Waals surface area (Å²) in [6.45, 7) is 8.12. The number of halogens is 1. The molecule has 8 heteroatoms. The maximum atomic E-state index is 14.1. The van der Waals surface area contributed by atoms with Gasteiger partial charge in [-0.1, -0.05) is 13.0 Å². The minimum atomic E-state index is -0.474. The highest BCUT2D eigenvalue weighted by atomic mass is 19.1. The molecule has 180 valence electrons. The summed E-state index contributed by atoms with van der Waals surface area (Å²) in [6.07, 6.45) is 8.95. The molecule has 2 aliphatic rings. The summed E-state index contributed by atoms with van der Waals surface area (Å²) < 4.78 is 16.0. The maximum Gasteiger partial charge on any atom is 0.252 e. The maximum absolute atomic E-state index is 14.1. The summed E-state index contributed by atoms with van der Waals surface area (Å²) in [5.41, 5.74) is 3.88. The predicted molar refractivity (Wildman–Crippen MR) is 125 cm³/mol. The summed E-state index contributed by atoms with van der Waals surface area (Å²) in [6, 6.07) is 3.40. The summed E-state index contributed by atoms with van der Waals surface area (Å²) in [4.78, 5) is 28.0. The SMILES string of the molecule is Cc1nc2c(C)cc(CC3CCC(C)(C(=O)N4OCC[C@H]4c4cnc(C)c(F)c4)CC3)cn2n1. The summed E-state index contributed by atoms with van der Waals surface area (Å²) in [5, 5.41) is 5.97. The minimum Gasteiger partial charge on any atom is -0.272 e. The van der Waals surface area contributed by atoms with E-state index in [4.69, 9.17) is 4.84 Å². The lowest BCUT2D eigenvalue weighted by Gasteiger charge is -2.39. The van der Waals surface area contributed by atoms with E-state index < -0.39 is 5.41 Å². The van der Waals surface area contributed by atoms with Crippen molar-refractivity contribution in [2.45, 2.75) is 72.3 Å². The number of pyridine rings is 2. The van der Waals surface area contributed by atoms with Gasteiger partial charge in [0.15, 0.2) is 5.65 Å². The van der Waals surface area contributed by atoms with Gasteiger partial charge in [-0.15, -0.1) is 0 Å². The first-order valence-electron chi connectivity index (χ1n) is 12.1. The zero-order chi connectivity index (χ0) is 24.0. The number of hydroxylamine groups is 2. The van der Waals surface area contributed by atoms with Crippen molar-refractivity contribution in [1.29, 1.82) is 0 Å². The Balaban J connectivity index is 1.25. The van der Waals surface area contributed by atoms with Gasteiger partial charge in [0, 0.05) is 24.2 Å². The number of aryl methyl sites for hydroxylation is 3. The molecule has 1 saturated carbocycles. The van der Waals surface area contributed by atoms with Gasteiger partial charge in [0.2, 0.25) is 0 Å². The Labute approximate surface area is 199 Å². The van der Waals surface area contributed by atoms with Crippen LogP contribution < -0.4 is 0 Å². The molecule has 0 radical (unpaired) electrons. The lowest BCUT2D eigenvalue weighted by atomic mass is 9.69. The molecular weight excluding hydrogens is 433 g/mol. The van der Waals surface area contributed by atoms with E-state index in [1.807, 2.05) is 18.4 Å². The predicted octanol–water partition coefficient (Wildman–Crippen LogP) is 4.83. The van der Waals surface area contributed by atoms with Gasteiger partial charge in [-0.25, -0.2) is 19.0 Å². The second-order valence-corrected chi connectivity index (χ2v) is 10.3. The van der Waals surface area contributed by atoms with E-state index in [9.17, 15) is 9.18 Å². The van der Waals surface area contributed by atoms with Crippen molar-refractivity contribution in [3.63, 3.8) is 0 Å². The molecule has 0 N–H and O–H groups in total. The largest absolute Gasteiger partial charge is 0.272 e. The summed E-state index contributed by atoms with van der Waals surface area (Å²) >= 11 is 0. The third-order valence-electron chi connectivity index (χ3n) is 7.57. The van der Waals surface area contributed by atoms with Crippen molar-refractivity contribution in [3.8, 4) is 0 Å². The fourth-order valence-corrected chi connectivity index (χ4v) is 5.45. The molecule has 1 atom stereocenters. The highest BCUT2D eigenvalue weighted by Crippen LogP contribution is 2.44. The van der Waals surface area contributed by atoms with Gasteiger partial charge in [-0.2, -0.15) is 5.10 Å². The molecular formula is C26H32FN5O2. The van der Waals surface area contributed by atoms with Crippen molar-refractivity contribution in [2.75, 3.05) is 6.61 Å². The van der Waals surface area contributed by atoms with E-state index in [-0.39, 0.29) is 17.8 Å². The molecule has 4 heterocycles. The smallest absolute Gasteiger partial charge is 0.252 e. The standard InChI is InChI=1S/C26H32FN5O2/c1-16-11-20(15-31-24(16)29-18(3)30-31)12-19-5-8-26(4,9-6-19)25(33)32-23(7-10-34-32)21-13-22(27)17(2)28-14-21/h11,13-15,19,23H,5-10,12H2,1-4H3/t19?,23-,26?/m0/s1. The van der Waals surface area contributed by atoms with Crippen molar-refractivity contribution in [3.05, 3.63) is 58.6 Å². The first-order valence-corrected chi connectivity index (χ1v) is 12.1. The first-order chi connectivity index (χ1) is 16.2. The Hall–Kier alpha value is -2.87. The monoisotopic (exact) mass is 465 g/mol. The average molecular weight is 466 g/mol. The molecule has 0 unspecified atom stereocenters. The van der Waals surface area contributed by atoms with E-state index in [1.54, 1.807) is 13.1 Å². The number of hydrogen-bond acceptors (Lipinski definition) is 5. The molecule has 1 aliphatic heterocycles. The van der Waals surface area contributed by atoms with Gasteiger partial charge >= 0.3 is 0 Å². The Kier molecular flexibility index (Phi) is 5.88. The normalized spacial score (nSPS) is 25.3. The van der Waals surface area contributed by atoms with Crippen LogP contribution >= 0.6 is 0 Å². The Morgan fingerprint density at radius 1 is 1.21 bits per heavy atom. The topological polar surface area (TPSA) is 72.6 Å². The van der Waals surface area contributed by atoms with Crippen LogP contribution in [-0.2, 0) is 16.1 Å². The Morgan fingerprint density at radius 3 is 2.71 bits per heavy atom. The molecule has 0 bridgehead atoms. The zero-order valence-corrected chi connectivity index (χ0v) is 20.3. The molecule has 34 heavy (non-hydrogen) atoms. The van der Waals surface area contributed by atoms with Gasteiger partial charge in [0.25, 0.3) is 5.91 Å². The molecule has 1 aliphatic carbocycles. The van der Waals surface area contributed by atoms with Gasteiger partial charge in [-0.3, -0.25) is 14.6 Å².